The van der Waals surface area contributed by atoms with Gasteiger partial charge < -0.3 is 36.2 Å². The van der Waals surface area contributed by atoms with Crippen LogP contribution in [0.2, 0.25) is 0 Å². The number of aliphatic hydroxyl groups is 3. The minimum absolute atomic E-state index is 0.0779. The Morgan fingerprint density at radius 1 is 1.33 bits per heavy atom. The lowest BCUT2D eigenvalue weighted by molar-refractivity contribution is -0.145. The zero-order valence-electron chi connectivity index (χ0n) is 13.2. The van der Waals surface area contributed by atoms with Gasteiger partial charge in [-0.1, -0.05) is 12.8 Å². The van der Waals surface area contributed by atoms with Crippen LogP contribution < -0.4 is 11.1 Å². The SMILES string of the molecule is N[C@@H]1C(O)C=C(C(=O)O)OC1[C@@H](O)[C@@H](O)CNC(=O)C1CCCC1. The van der Waals surface area contributed by atoms with Crippen LogP contribution >= 0.6 is 0 Å². The summed E-state index contributed by atoms with van der Waals surface area (Å²) in [5.74, 6) is -2.22. The second-order valence-electron chi connectivity index (χ2n) is 6.27. The molecule has 136 valence electrons. The van der Waals surface area contributed by atoms with Crippen molar-refractivity contribution in [3.05, 3.63) is 11.8 Å². The summed E-state index contributed by atoms with van der Waals surface area (Å²) in [5.41, 5.74) is 5.71. The number of carbonyl (C=O) groups excluding carboxylic acids is 1. The van der Waals surface area contributed by atoms with Crippen molar-refractivity contribution in [3.8, 4) is 0 Å². The number of carbonyl (C=O) groups is 2. The first-order chi connectivity index (χ1) is 11.3. The average Bonchev–Trinajstić information content (AvgIpc) is 3.08. The van der Waals surface area contributed by atoms with Crippen LogP contribution in [0.4, 0.5) is 0 Å². The summed E-state index contributed by atoms with van der Waals surface area (Å²) >= 11 is 0. The van der Waals surface area contributed by atoms with E-state index in [2.05, 4.69) is 5.32 Å². The monoisotopic (exact) mass is 344 g/mol. The fourth-order valence-corrected chi connectivity index (χ4v) is 3.02. The molecular weight excluding hydrogens is 320 g/mol. The number of ether oxygens (including phenoxy) is 1. The van der Waals surface area contributed by atoms with E-state index >= 15 is 0 Å². The third kappa shape index (κ3) is 4.23. The second kappa shape index (κ2) is 7.93. The van der Waals surface area contributed by atoms with Crippen molar-refractivity contribution < 1.29 is 34.8 Å². The molecule has 1 amide bonds. The van der Waals surface area contributed by atoms with Crippen LogP contribution in [0.25, 0.3) is 0 Å². The standard InChI is InChI=1S/C15H24N2O7/c16-11-8(18)5-10(15(22)23)24-13(11)12(20)9(19)6-17-14(21)7-3-1-2-4-7/h5,7-9,11-13,18-20H,1-4,6,16H2,(H,17,21)(H,22,23)/t8?,9-,11+,12-,13?/m0/s1. The number of hydrogen-bond donors (Lipinski definition) is 6. The summed E-state index contributed by atoms with van der Waals surface area (Å²) in [4.78, 5) is 22.9. The molecule has 1 fully saturated rings. The smallest absolute Gasteiger partial charge is 0.370 e. The summed E-state index contributed by atoms with van der Waals surface area (Å²) in [5, 5.41) is 41.5. The Hall–Kier alpha value is -1.68. The average molecular weight is 344 g/mol. The lowest BCUT2D eigenvalue weighted by atomic mass is 9.94. The fraction of sp³-hybridized carbons (Fsp3) is 0.733. The van der Waals surface area contributed by atoms with E-state index in [1.165, 1.54) is 0 Å². The van der Waals surface area contributed by atoms with E-state index in [4.69, 9.17) is 15.6 Å². The quantitative estimate of drug-likeness (QED) is 0.324. The van der Waals surface area contributed by atoms with Gasteiger partial charge in [0.05, 0.1) is 12.1 Å². The van der Waals surface area contributed by atoms with Crippen LogP contribution in [0.1, 0.15) is 25.7 Å². The number of carboxylic acid groups (broad SMARTS) is 1. The first-order valence-corrected chi connectivity index (χ1v) is 8.00. The number of aliphatic carboxylic acids is 1. The summed E-state index contributed by atoms with van der Waals surface area (Å²) in [6.45, 7) is -0.217. The third-order valence-electron chi connectivity index (χ3n) is 4.51. The summed E-state index contributed by atoms with van der Waals surface area (Å²) < 4.78 is 5.07. The predicted octanol–water partition coefficient (Wildman–Crippen LogP) is -1.93. The maximum absolute atomic E-state index is 11.9. The van der Waals surface area contributed by atoms with Crippen LogP contribution in [0.15, 0.2) is 11.8 Å². The van der Waals surface area contributed by atoms with Crippen molar-refractivity contribution in [2.24, 2.45) is 11.7 Å². The molecule has 7 N–H and O–H groups in total. The predicted molar refractivity (Wildman–Crippen MR) is 81.6 cm³/mol. The van der Waals surface area contributed by atoms with Gasteiger partial charge >= 0.3 is 5.97 Å². The van der Waals surface area contributed by atoms with E-state index in [0.29, 0.717) is 0 Å². The molecule has 2 unspecified atom stereocenters. The number of hydrogen-bond acceptors (Lipinski definition) is 7. The van der Waals surface area contributed by atoms with Gasteiger partial charge in [0.25, 0.3) is 0 Å². The first-order valence-electron chi connectivity index (χ1n) is 8.00. The Morgan fingerprint density at radius 3 is 2.54 bits per heavy atom. The van der Waals surface area contributed by atoms with E-state index in [1.807, 2.05) is 0 Å². The molecule has 0 spiro atoms. The van der Waals surface area contributed by atoms with Crippen molar-refractivity contribution in [1.29, 1.82) is 0 Å². The molecule has 1 aliphatic heterocycles. The molecule has 0 bridgehead atoms. The topological polar surface area (TPSA) is 162 Å². The molecule has 9 nitrogen and oxygen atoms in total. The summed E-state index contributed by atoms with van der Waals surface area (Å²) in [6, 6.07) is -1.11. The molecule has 0 radical (unpaired) electrons. The second-order valence-corrected chi connectivity index (χ2v) is 6.27. The molecule has 0 aromatic rings. The Labute approximate surface area is 139 Å². The minimum atomic E-state index is -1.57. The van der Waals surface area contributed by atoms with Crippen molar-refractivity contribution in [3.63, 3.8) is 0 Å². The molecule has 5 atom stereocenters. The molecule has 1 aliphatic carbocycles. The Balaban J connectivity index is 1.91. The van der Waals surface area contributed by atoms with Crippen LogP contribution in [0.3, 0.4) is 0 Å². The normalized spacial score (nSPS) is 30.2. The largest absolute Gasteiger partial charge is 0.479 e. The maximum Gasteiger partial charge on any atom is 0.370 e. The Kier molecular flexibility index (Phi) is 6.16. The van der Waals surface area contributed by atoms with E-state index < -0.39 is 42.2 Å². The Morgan fingerprint density at radius 2 is 1.96 bits per heavy atom. The van der Waals surface area contributed by atoms with Crippen LogP contribution in [0.5, 0.6) is 0 Å². The summed E-state index contributed by atoms with van der Waals surface area (Å²) in [7, 11) is 0. The fourth-order valence-electron chi connectivity index (χ4n) is 3.02. The van der Waals surface area contributed by atoms with Gasteiger partial charge in [-0.2, -0.15) is 0 Å². The third-order valence-corrected chi connectivity index (χ3v) is 4.51. The lowest BCUT2D eigenvalue weighted by Crippen LogP contribution is -2.58. The van der Waals surface area contributed by atoms with Gasteiger partial charge in [0.15, 0.2) is 0 Å². The first kappa shape index (κ1) is 18.7. The van der Waals surface area contributed by atoms with Gasteiger partial charge in [0.2, 0.25) is 11.7 Å². The molecule has 24 heavy (non-hydrogen) atoms. The summed E-state index contributed by atoms with van der Waals surface area (Å²) in [6.07, 6.45) is -1.08. The number of nitrogens with one attached hydrogen (secondary N) is 1. The van der Waals surface area contributed by atoms with Crippen molar-refractivity contribution in [2.45, 2.75) is 56.1 Å². The van der Waals surface area contributed by atoms with Gasteiger partial charge in [-0.25, -0.2) is 4.79 Å². The number of nitrogens with two attached hydrogens (primary N) is 1. The van der Waals surface area contributed by atoms with Gasteiger partial charge in [-0.05, 0) is 18.9 Å². The van der Waals surface area contributed by atoms with Crippen LogP contribution in [0, 0.1) is 5.92 Å². The molecular formula is C15H24N2O7. The van der Waals surface area contributed by atoms with E-state index in [-0.39, 0.29) is 18.4 Å². The molecule has 0 saturated heterocycles. The molecule has 1 saturated carbocycles. The highest BCUT2D eigenvalue weighted by atomic mass is 16.5. The molecule has 9 heteroatoms. The molecule has 2 rings (SSSR count). The number of aliphatic hydroxyl groups excluding tert-OH is 3. The number of amides is 1. The van der Waals surface area contributed by atoms with Gasteiger partial charge in [-0.3, -0.25) is 4.79 Å². The highest BCUT2D eigenvalue weighted by Crippen LogP contribution is 2.25. The highest BCUT2D eigenvalue weighted by Gasteiger charge is 2.40. The van der Waals surface area contributed by atoms with Gasteiger partial charge in [0.1, 0.15) is 18.3 Å². The van der Waals surface area contributed by atoms with E-state index in [9.17, 15) is 24.9 Å². The number of rotatable bonds is 6. The highest BCUT2D eigenvalue weighted by molar-refractivity contribution is 5.84. The van der Waals surface area contributed by atoms with Crippen molar-refractivity contribution in [2.75, 3.05) is 6.54 Å². The van der Waals surface area contributed by atoms with Crippen molar-refractivity contribution >= 4 is 11.9 Å². The zero-order chi connectivity index (χ0) is 17.9. The number of carboxylic acids is 1. The lowest BCUT2D eigenvalue weighted by Gasteiger charge is -2.36. The zero-order valence-corrected chi connectivity index (χ0v) is 13.2. The molecule has 1 heterocycles. The van der Waals surface area contributed by atoms with Crippen LogP contribution in [-0.2, 0) is 14.3 Å². The molecule has 0 aromatic heterocycles. The minimum Gasteiger partial charge on any atom is -0.479 e. The van der Waals surface area contributed by atoms with E-state index in [0.717, 1.165) is 31.8 Å². The molecule has 2 aliphatic rings. The maximum atomic E-state index is 11.9. The van der Waals surface area contributed by atoms with Crippen molar-refractivity contribution in [1.82, 2.24) is 5.32 Å². The van der Waals surface area contributed by atoms with E-state index in [1.54, 1.807) is 0 Å². The Bertz CT molecular complexity index is 504. The molecule has 0 aromatic carbocycles. The van der Waals surface area contributed by atoms with Gasteiger partial charge in [0, 0.05) is 12.5 Å². The van der Waals surface area contributed by atoms with Gasteiger partial charge in [-0.15, -0.1) is 0 Å². The van der Waals surface area contributed by atoms with Crippen LogP contribution in [-0.4, -0.2) is 69.3 Å².